The second-order valence-corrected chi connectivity index (χ2v) is 10.2. The van der Waals surface area contributed by atoms with Crippen LogP contribution in [0.4, 0.5) is 29.6 Å². The van der Waals surface area contributed by atoms with Gasteiger partial charge in [0.1, 0.15) is 5.75 Å². The third kappa shape index (κ3) is 6.99. The van der Waals surface area contributed by atoms with Gasteiger partial charge >= 0.3 is 12.3 Å². The summed E-state index contributed by atoms with van der Waals surface area (Å²) in [6.45, 7) is 2.96. The van der Waals surface area contributed by atoms with Crippen LogP contribution in [-0.4, -0.2) is 62.9 Å². The van der Waals surface area contributed by atoms with Crippen LogP contribution >= 0.6 is 0 Å². The van der Waals surface area contributed by atoms with E-state index < -0.39 is 18.7 Å². The van der Waals surface area contributed by atoms with Gasteiger partial charge in [-0.1, -0.05) is 24.3 Å². The Bertz CT molecular complexity index is 1570. The third-order valence-electron chi connectivity index (χ3n) is 7.09. The van der Waals surface area contributed by atoms with Gasteiger partial charge in [0, 0.05) is 61.0 Å². The molecule has 1 atom stereocenters. The lowest BCUT2D eigenvalue weighted by Gasteiger charge is -2.31. The highest BCUT2D eigenvalue weighted by Gasteiger charge is 2.26. The molecule has 1 aliphatic heterocycles. The van der Waals surface area contributed by atoms with E-state index in [0.29, 0.717) is 41.9 Å². The molecular formula is C30H31F3N6O3. The molecule has 2 aromatic heterocycles. The number of hydrogen-bond donors (Lipinski definition) is 3. The number of carbonyl (C=O) groups is 1. The lowest BCUT2D eigenvalue weighted by molar-refractivity contribution is -0.134. The molecule has 0 radical (unpaired) electrons. The van der Waals surface area contributed by atoms with Crippen molar-refractivity contribution in [3.63, 3.8) is 0 Å². The van der Waals surface area contributed by atoms with Gasteiger partial charge in [0.05, 0.1) is 11.3 Å². The maximum absolute atomic E-state index is 12.6. The van der Waals surface area contributed by atoms with Gasteiger partial charge in [-0.3, -0.25) is 0 Å². The number of alkyl halides is 3. The molecule has 9 nitrogen and oxygen atoms in total. The number of amides is 1. The minimum Gasteiger partial charge on any atom is -0.465 e. The molecule has 0 spiro atoms. The van der Waals surface area contributed by atoms with Crippen molar-refractivity contribution in [1.29, 1.82) is 0 Å². The molecule has 0 aliphatic carbocycles. The zero-order chi connectivity index (χ0) is 29.7. The summed E-state index contributed by atoms with van der Waals surface area (Å²) in [6, 6.07) is 14.6. The van der Waals surface area contributed by atoms with Crippen molar-refractivity contribution in [3.8, 4) is 22.9 Å². The highest BCUT2D eigenvalue weighted by Crippen LogP contribution is 2.38. The zero-order valence-corrected chi connectivity index (χ0v) is 23.0. The molecule has 12 heteroatoms. The molecule has 3 heterocycles. The number of likely N-dealkylation sites (tertiary alicyclic amines) is 1. The van der Waals surface area contributed by atoms with Crippen molar-refractivity contribution in [1.82, 2.24) is 19.9 Å². The molecule has 0 bridgehead atoms. The summed E-state index contributed by atoms with van der Waals surface area (Å²) >= 11 is 0. The van der Waals surface area contributed by atoms with Crippen LogP contribution in [0.2, 0.25) is 0 Å². The van der Waals surface area contributed by atoms with E-state index in [-0.39, 0.29) is 19.0 Å². The Morgan fingerprint density at radius 2 is 1.95 bits per heavy atom. The maximum Gasteiger partial charge on any atom is 0.407 e. The molecular weight excluding hydrogens is 549 g/mol. The number of pyridine rings is 1. The average Bonchev–Trinajstić information content (AvgIpc) is 2.97. The Kier molecular flexibility index (Phi) is 8.60. The van der Waals surface area contributed by atoms with E-state index in [1.54, 1.807) is 24.5 Å². The van der Waals surface area contributed by atoms with Gasteiger partial charge in [-0.25, -0.2) is 19.7 Å². The van der Waals surface area contributed by atoms with Gasteiger partial charge in [-0.05, 0) is 56.0 Å². The average molecular weight is 581 g/mol. The SMILES string of the molecule is Cc1ccc2c(NCCCC(F)(F)F)cccc2c1Oc1ncccc1-c1ccnc(NC2CCCN(C(=O)O)C2)n1. The summed E-state index contributed by atoms with van der Waals surface area (Å²) in [6.07, 6.45) is -1.20. The van der Waals surface area contributed by atoms with Gasteiger partial charge < -0.3 is 25.4 Å². The molecule has 5 rings (SSSR count). The number of halogens is 3. The van der Waals surface area contributed by atoms with Gasteiger partial charge in [0.25, 0.3) is 0 Å². The van der Waals surface area contributed by atoms with E-state index in [4.69, 9.17) is 4.74 Å². The molecule has 1 unspecified atom stereocenters. The van der Waals surface area contributed by atoms with Crippen LogP contribution < -0.4 is 15.4 Å². The minimum atomic E-state index is -4.18. The highest BCUT2D eigenvalue weighted by atomic mass is 19.4. The molecule has 1 amide bonds. The summed E-state index contributed by atoms with van der Waals surface area (Å²) in [5.74, 6) is 1.29. The van der Waals surface area contributed by atoms with Crippen molar-refractivity contribution in [3.05, 3.63) is 66.5 Å². The number of hydrogen-bond acceptors (Lipinski definition) is 7. The fourth-order valence-electron chi connectivity index (χ4n) is 5.03. The van der Waals surface area contributed by atoms with Crippen LogP contribution in [0.25, 0.3) is 22.0 Å². The second kappa shape index (κ2) is 12.5. The number of carboxylic acid groups (broad SMARTS) is 1. The first-order valence-electron chi connectivity index (χ1n) is 13.7. The first-order valence-corrected chi connectivity index (χ1v) is 13.7. The van der Waals surface area contributed by atoms with Crippen LogP contribution in [0.3, 0.4) is 0 Å². The van der Waals surface area contributed by atoms with Gasteiger partial charge in [-0.2, -0.15) is 13.2 Å². The second-order valence-electron chi connectivity index (χ2n) is 10.2. The van der Waals surface area contributed by atoms with E-state index in [0.717, 1.165) is 34.9 Å². The Balaban J connectivity index is 1.39. The number of benzene rings is 2. The minimum absolute atomic E-state index is 0.0270. The number of piperidine rings is 1. The highest BCUT2D eigenvalue weighted by molar-refractivity contribution is 5.98. The van der Waals surface area contributed by atoms with Gasteiger partial charge in [0.2, 0.25) is 11.8 Å². The van der Waals surface area contributed by atoms with Crippen LogP contribution in [0, 0.1) is 6.92 Å². The quantitative estimate of drug-likeness (QED) is 0.180. The molecule has 3 N–H and O–H groups in total. The van der Waals surface area contributed by atoms with Crippen LogP contribution in [0.5, 0.6) is 11.6 Å². The lowest BCUT2D eigenvalue weighted by atomic mass is 10.0. The van der Waals surface area contributed by atoms with Gasteiger partial charge in [0.15, 0.2) is 0 Å². The Morgan fingerprint density at radius 3 is 2.76 bits per heavy atom. The van der Waals surface area contributed by atoms with Crippen molar-refractivity contribution in [2.45, 2.75) is 44.8 Å². The number of ether oxygens (including phenoxy) is 1. The first-order chi connectivity index (χ1) is 20.2. The number of nitrogens with one attached hydrogen (secondary N) is 2. The molecule has 2 aromatic carbocycles. The summed E-state index contributed by atoms with van der Waals surface area (Å²) in [5.41, 5.74) is 2.79. The Morgan fingerprint density at radius 1 is 1.10 bits per heavy atom. The number of fused-ring (bicyclic) bond motifs is 1. The van der Waals surface area contributed by atoms with Crippen molar-refractivity contribution < 1.29 is 27.8 Å². The normalized spacial score (nSPS) is 15.4. The molecule has 1 aliphatic rings. The Hall–Kier alpha value is -4.61. The fourth-order valence-corrected chi connectivity index (χ4v) is 5.03. The number of aromatic nitrogens is 3. The molecule has 0 saturated carbocycles. The van der Waals surface area contributed by atoms with E-state index in [9.17, 15) is 23.1 Å². The molecule has 1 fully saturated rings. The zero-order valence-electron chi connectivity index (χ0n) is 23.0. The molecule has 42 heavy (non-hydrogen) atoms. The van der Waals surface area contributed by atoms with Crippen LogP contribution in [0.1, 0.15) is 31.2 Å². The molecule has 220 valence electrons. The van der Waals surface area contributed by atoms with E-state index in [1.165, 1.54) is 4.90 Å². The lowest BCUT2D eigenvalue weighted by Crippen LogP contribution is -2.44. The topological polar surface area (TPSA) is 112 Å². The predicted octanol–water partition coefficient (Wildman–Crippen LogP) is 7.10. The largest absolute Gasteiger partial charge is 0.465 e. The van der Waals surface area contributed by atoms with Crippen LogP contribution in [0.15, 0.2) is 60.9 Å². The third-order valence-corrected chi connectivity index (χ3v) is 7.09. The number of nitrogens with zero attached hydrogens (tertiary/aromatic N) is 4. The van der Waals surface area contributed by atoms with Crippen LogP contribution in [-0.2, 0) is 0 Å². The first kappa shape index (κ1) is 28.9. The summed E-state index contributed by atoms with van der Waals surface area (Å²) in [7, 11) is 0. The molecule has 1 saturated heterocycles. The fraction of sp³-hybridized carbons (Fsp3) is 0.333. The van der Waals surface area contributed by atoms with E-state index in [2.05, 4.69) is 25.6 Å². The van der Waals surface area contributed by atoms with Crippen molar-refractivity contribution in [2.24, 2.45) is 0 Å². The summed E-state index contributed by atoms with van der Waals surface area (Å²) < 4.78 is 44.2. The summed E-state index contributed by atoms with van der Waals surface area (Å²) in [4.78, 5) is 26.3. The molecule has 4 aromatic rings. The predicted molar refractivity (Wildman–Crippen MR) is 154 cm³/mol. The standard InChI is InChI=1S/C30H31F3N6O3/c1-19-10-11-21-22(7-2-9-24(21)34-15-5-13-30(31,32)33)26(19)42-27-23(8-3-14-35-27)25-12-16-36-28(38-25)37-20-6-4-17-39(18-20)29(40)41/h2-3,7-12,14,16,20,34H,4-6,13,15,17-18H2,1H3,(H,40,41)(H,36,37,38). The number of aryl methyl sites for hydroxylation is 1. The van der Waals surface area contributed by atoms with E-state index in [1.807, 2.05) is 43.3 Å². The van der Waals surface area contributed by atoms with Crippen molar-refractivity contribution >= 4 is 28.5 Å². The number of anilines is 2. The van der Waals surface area contributed by atoms with E-state index >= 15 is 0 Å². The van der Waals surface area contributed by atoms with Gasteiger partial charge in [-0.15, -0.1) is 0 Å². The monoisotopic (exact) mass is 580 g/mol. The number of rotatable bonds is 9. The Labute approximate surface area is 240 Å². The summed E-state index contributed by atoms with van der Waals surface area (Å²) in [5, 5.41) is 17.3. The van der Waals surface area contributed by atoms with Crippen molar-refractivity contribution in [2.75, 3.05) is 30.3 Å². The maximum atomic E-state index is 12.6. The smallest absolute Gasteiger partial charge is 0.407 e.